The summed E-state index contributed by atoms with van der Waals surface area (Å²) >= 11 is 0. The fourth-order valence-corrected chi connectivity index (χ4v) is 2.67. The molecular weight excluding hydrogens is 182 g/mol. The molecule has 0 spiro atoms. The minimum Gasteiger partial charge on any atom is -0.311 e. The molecule has 0 aromatic rings. The Labute approximate surface area is 86.4 Å². The molecule has 13 heavy (non-hydrogen) atoms. The summed E-state index contributed by atoms with van der Waals surface area (Å²) in [5.41, 5.74) is 1.77. The summed E-state index contributed by atoms with van der Waals surface area (Å²) in [6, 6.07) is 1.68. The first-order valence-corrected chi connectivity index (χ1v) is 5.36. The van der Waals surface area contributed by atoms with E-state index in [-0.39, 0.29) is 12.4 Å². The average molecular weight is 200 g/mol. The maximum Gasteiger partial charge on any atom is 0.0107 e. The topological polar surface area (TPSA) is 12.0 Å². The zero-order valence-corrected chi connectivity index (χ0v) is 8.78. The van der Waals surface area contributed by atoms with Crippen LogP contribution in [0.3, 0.4) is 0 Å². The first-order chi connectivity index (χ1) is 5.90. The molecule has 3 aliphatic rings. The Hall–Kier alpha value is -0.0100. The quantitative estimate of drug-likeness (QED) is 0.641. The van der Waals surface area contributed by atoms with Crippen molar-refractivity contribution in [1.82, 2.24) is 5.32 Å². The lowest BCUT2D eigenvalue weighted by Crippen LogP contribution is -2.34. The molecule has 1 aliphatic carbocycles. The van der Waals surface area contributed by atoms with Crippen molar-refractivity contribution in [3.8, 4) is 0 Å². The Kier molecular flexibility index (Phi) is 2.66. The molecule has 1 saturated carbocycles. The maximum atomic E-state index is 3.67. The van der Waals surface area contributed by atoms with Crippen LogP contribution in [0, 0.1) is 5.92 Å². The van der Waals surface area contributed by atoms with Crippen LogP contribution in [0.5, 0.6) is 0 Å². The molecule has 2 aliphatic heterocycles. The van der Waals surface area contributed by atoms with E-state index < -0.39 is 0 Å². The fraction of sp³-hybridized carbons (Fsp3) is 0.818. The Bertz CT molecular complexity index is 206. The zero-order valence-electron chi connectivity index (χ0n) is 7.96. The first kappa shape index (κ1) is 9.54. The van der Waals surface area contributed by atoms with Gasteiger partial charge < -0.3 is 5.32 Å². The maximum absolute atomic E-state index is 3.67. The van der Waals surface area contributed by atoms with Gasteiger partial charge in [-0.3, -0.25) is 0 Å². The third-order valence-corrected chi connectivity index (χ3v) is 3.45. The largest absolute Gasteiger partial charge is 0.311 e. The molecule has 1 nitrogen and oxygen atoms in total. The predicted octanol–water partition coefficient (Wildman–Crippen LogP) is 2.66. The molecule has 3 fully saturated rings. The van der Waals surface area contributed by atoms with E-state index in [2.05, 4.69) is 11.4 Å². The van der Waals surface area contributed by atoms with E-state index in [1.54, 1.807) is 5.57 Å². The minimum atomic E-state index is 0. The Balaban J connectivity index is 0.000000653. The van der Waals surface area contributed by atoms with Crippen molar-refractivity contribution >= 4 is 12.4 Å². The molecule has 3 rings (SSSR count). The monoisotopic (exact) mass is 199 g/mol. The summed E-state index contributed by atoms with van der Waals surface area (Å²) in [4.78, 5) is 0. The summed E-state index contributed by atoms with van der Waals surface area (Å²) in [6.45, 7) is 0. The first-order valence-electron chi connectivity index (χ1n) is 5.36. The van der Waals surface area contributed by atoms with Crippen molar-refractivity contribution in [2.75, 3.05) is 0 Å². The number of fused-ring (bicyclic) bond motifs is 2. The van der Waals surface area contributed by atoms with Gasteiger partial charge in [-0.25, -0.2) is 0 Å². The van der Waals surface area contributed by atoms with Gasteiger partial charge in [-0.05, 0) is 44.4 Å². The number of piperidine rings is 1. The van der Waals surface area contributed by atoms with Crippen molar-refractivity contribution in [3.63, 3.8) is 0 Å². The van der Waals surface area contributed by atoms with Crippen LogP contribution >= 0.6 is 12.4 Å². The summed E-state index contributed by atoms with van der Waals surface area (Å²) in [7, 11) is 0. The van der Waals surface area contributed by atoms with E-state index in [9.17, 15) is 0 Å². The normalized spacial score (nSPS) is 37.1. The molecule has 2 saturated heterocycles. The zero-order chi connectivity index (χ0) is 7.97. The SMILES string of the molecule is C(=C1CC2CCC(C1)N2)C1CC1.Cl. The van der Waals surface area contributed by atoms with E-state index in [1.807, 2.05) is 0 Å². The van der Waals surface area contributed by atoms with Crippen LogP contribution in [0.4, 0.5) is 0 Å². The van der Waals surface area contributed by atoms with Crippen LogP contribution in [0.25, 0.3) is 0 Å². The van der Waals surface area contributed by atoms with Crippen LogP contribution < -0.4 is 5.32 Å². The third kappa shape index (κ3) is 2.08. The molecule has 0 amide bonds. The van der Waals surface area contributed by atoms with Crippen molar-refractivity contribution in [2.24, 2.45) is 5.92 Å². The molecule has 1 N–H and O–H groups in total. The summed E-state index contributed by atoms with van der Waals surface area (Å²) in [5.74, 6) is 0.984. The average Bonchev–Trinajstić information content (AvgIpc) is 2.79. The Morgan fingerprint density at radius 3 is 2.15 bits per heavy atom. The van der Waals surface area contributed by atoms with E-state index >= 15 is 0 Å². The van der Waals surface area contributed by atoms with Gasteiger partial charge in [0.1, 0.15) is 0 Å². The number of halogens is 1. The number of rotatable bonds is 1. The fourth-order valence-electron chi connectivity index (χ4n) is 2.67. The molecule has 0 radical (unpaired) electrons. The van der Waals surface area contributed by atoms with E-state index in [1.165, 1.54) is 38.5 Å². The van der Waals surface area contributed by atoms with Crippen LogP contribution in [0.15, 0.2) is 11.6 Å². The van der Waals surface area contributed by atoms with Crippen LogP contribution in [0.1, 0.15) is 38.5 Å². The van der Waals surface area contributed by atoms with Gasteiger partial charge in [-0.2, -0.15) is 0 Å². The standard InChI is InChI=1S/C11H17N.ClH/c1-2-8(1)5-9-6-10-3-4-11(7-9)12-10;/h5,8,10-12H,1-4,6-7H2;1H. The van der Waals surface area contributed by atoms with Crippen LogP contribution in [0.2, 0.25) is 0 Å². The van der Waals surface area contributed by atoms with Gasteiger partial charge in [0.15, 0.2) is 0 Å². The molecule has 0 aromatic heterocycles. The van der Waals surface area contributed by atoms with Gasteiger partial charge in [-0.1, -0.05) is 11.6 Å². The molecule has 2 bridgehead atoms. The summed E-state index contributed by atoms with van der Waals surface area (Å²) < 4.78 is 0. The minimum absolute atomic E-state index is 0. The van der Waals surface area contributed by atoms with Crippen LogP contribution in [-0.2, 0) is 0 Å². The molecule has 2 heterocycles. The van der Waals surface area contributed by atoms with Gasteiger partial charge in [0, 0.05) is 12.1 Å². The van der Waals surface area contributed by atoms with Crippen molar-refractivity contribution < 1.29 is 0 Å². The number of nitrogens with one attached hydrogen (secondary N) is 1. The summed E-state index contributed by atoms with van der Waals surface area (Å²) in [5, 5.41) is 3.67. The number of hydrogen-bond donors (Lipinski definition) is 1. The Morgan fingerprint density at radius 2 is 1.62 bits per heavy atom. The summed E-state index contributed by atoms with van der Waals surface area (Å²) in [6.07, 6.45) is 11.1. The highest BCUT2D eigenvalue weighted by atomic mass is 35.5. The van der Waals surface area contributed by atoms with Gasteiger partial charge in [0.05, 0.1) is 0 Å². The highest BCUT2D eigenvalue weighted by Gasteiger charge is 2.31. The lowest BCUT2D eigenvalue weighted by molar-refractivity contribution is 0.472. The van der Waals surface area contributed by atoms with Crippen LogP contribution in [-0.4, -0.2) is 12.1 Å². The second-order valence-electron chi connectivity index (χ2n) is 4.71. The number of allylic oxidation sites excluding steroid dienone is 1. The lowest BCUT2D eigenvalue weighted by atomic mass is 9.98. The second kappa shape index (κ2) is 3.62. The molecule has 2 heteroatoms. The van der Waals surface area contributed by atoms with Gasteiger partial charge in [0.25, 0.3) is 0 Å². The van der Waals surface area contributed by atoms with E-state index in [4.69, 9.17) is 0 Å². The van der Waals surface area contributed by atoms with Gasteiger partial charge in [0.2, 0.25) is 0 Å². The highest BCUT2D eigenvalue weighted by molar-refractivity contribution is 5.85. The molecule has 2 unspecified atom stereocenters. The second-order valence-corrected chi connectivity index (χ2v) is 4.71. The predicted molar refractivity (Wildman–Crippen MR) is 57.2 cm³/mol. The number of hydrogen-bond acceptors (Lipinski definition) is 1. The van der Waals surface area contributed by atoms with E-state index in [0.717, 1.165) is 18.0 Å². The van der Waals surface area contributed by atoms with E-state index in [0.29, 0.717) is 0 Å². The van der Waals surface area contributed by atoms with Crippen molar-refractivity contribution in [1.29, 1.82) is 0 Å². The van der Waals surface area contributed by atoms with Gasteiger partial charge in [-0.15, -0.1) is 12.4 Å². The molecule has 2 atom stereocenters. The van der Waals surface area contributed by atoms with Gasteiger partial charge >= 0.3 is 0 Å². The lowest BCUT2D eigenvalue weighted by Gasteiger charge is -2.23. The van der Waals surface area contributed by atoms with Crippen molar-refractivity contribution in [2.45, 2.75) is 50.6 Å². The smallest absolute Gasteiger partial charge is 0.0107 e. The molecule has 74 valence electrons. The highest BCUT2D eigenvalue weighted by Crippen LogP contribution is 2.36. The molecular formula is C11H18ClN. The van der Waals surface area contributed by atoms with Crippen molar-refractivity contribution in [3.05, 3.63) is 11.6 Å². The molecule has 0 aromatic carbocycles. The third-order valence-electron chi connectivity index (χ3n) is 3.45. The Morgan fingerprint density at radius 1 is 1.00 bits per heavy atom.